The Labute approximate surface area is 209 Å². The summed E-state index contributed by atoms with van der Waals surface area (Å²) in [5.74, 6) is -0.615. The second-order valence-electron chi connectivity index (χ2n) is 8.43. The van der Waals surface area contributed by atoms with Crippen LogP contribution in [0.4, 0.5) is 0 Å². The topological polar surface area (TPSA) is 88.5 Å². The largest absolute Gasteiger partial charge is 0.507 e. The number of nitrogens with zero attached hydrogens (tertiary/aromatic N) is 2. The molecule has 2 aromatic carbocycles. The highest BCUT2D eigenvalue weighted by Crippen LogP contribution is 2.41. The smallest absolute Gasteiger partial charge is 0.295 e. The van der Waals surface area contributed by atoms with Crippen molar-refractivity contribution < 1.29 is 28.9 Å². The number of rotatable bonds is 8. The average Bonchev–Trinajstić information content (AvgIpc) is 3.14. The predicted molar refractivity (Wildman–Crippen MR) is 132 cm³/mol. The fourth-order valence-corrected chi connectivity index (χ4v) is 4.79. The number of aliphatic hydroxyl groups is 1. The number of amides is 1. The molecule has 8 nitrogen and oxygen atoms in total. The van der Waals surface area contributed by atoms with Crippen LogP contribution in [0, 0.1) is 0 Å². The molecule has 0 saturated carbocycles. The molecule has 0 aromatic heterocycles. The summed E-state index contributed by atoms with van der Waals surface area (Å²) in [6, 6.07) is 11.2. The van der Waals surface area contributed by atoms with Crippen LogP contribution in [0.3, 0.4) is 0 Å². The quantitative estimate of drug-likeness (QED) is 0.337. The van der Waals surface area contributed by atoms with Crippen molar-refractivity contribution in [2.45, 2.75) is 12.5 Å². The van der Waals surface area contributed by atoms with Crippen LogP contribution in [0.2, 0.25) is 5.02 Å². The second kappa shape index (κ2) is 11.1. The molecular weight excluding hydrogens is 472 g/mol. The van der Waals surface area contributed by atoms with E-state index < -0.39 is 17.7 Å². The van der Waals surface area contributed by atoms with Crippen LogP contribution in [0.15, 0.2) is 48.0 Å². The zero-order valence-corrected chi connectivity index (χ0v) is 20.6. The van der Waals surface area contributed by atoms with Crippen molar-refractivity contribution in [2.24, 2.45) is 0 Å². The van der Waals surface area contributed by atoms with Gasteiger partial charge in [-0.2, -0.15) is 0 Å². The van der Waals surface area contributed by atoms with Gasteiger partial charge in [-0.3, -0.25) is 14.5 Å². The summed E-state index contributed by atoms with van der Waals surface area (Å²) < 4.78 is 16.0. The number of hydrogen-bond acceptors (Lipinski definition) is 7. The predicted octanol–water partition coefficient (Wildman–Crippen LogP) is 3.50. The Hall–Kier alpha value is -3.07. The molecule has 2 aliphatic heterocycles. The number of morpholine rings is 1. The number of methoxy groups -OCH3 is 2. The first-order valence-corrected chi connectivity index (χ1v) is 11.9. The summed E-state index contributed by atoms with van der Waals surface area (Å²) >= 11 is 6.26. The SMILES string of the molecule is COc1cccc([C@@H]2C(=C(O)c3ccc(OC)c(Cl)c3)C(=O)C(=O)N2CCCN2CCOCC2)c1. The molecule has 0 aliphatic carbocycles. The minimum Gasteiger partial charge on any atom is -0.507 e. The summed E-state index contributed by atoms with van der Waals surface area (Å²) in [6.45, 7) is 4.22. The number of halogens is 1. The maximum atomic E-state index is 13.2. The number of carbonyl (C=O) groups excluding carboxylic acids is 2. The van der Waals surface area contributed by atoms with Gasteiger partial charge in [-0.25, -0.2) is 0 Å². The number of Topliss-reactive ketones (excluding diaryl/α,β-unsaturated/α-hetero) is 1. The van der Waals surface area contributed by atoms with Crippen LogP contribution in [0.5, 0.6) is 11.5 Å². The molecule has 0 unspecified atom stereocenters. The summed E-state index contributed by atoms with van der Waals surface area (Å²) in [6.07, 6.45) is 0.682. The fourth-order valence-electron chi connectivity index (χ4n) is 4.53. The van der Waals surface area contributed by atoms with E-state index in [0.717, 1.165) is 19.6 Å². The van der Waals surface area contributed by atoms with Gasteiger partial charge >= 0.3 is 0 Å². The number of ether oxygens (including phenoxy) is 3. The Balaban J connectivity index is 1.70. The summed E-state index contributed by atoms with van der Waals surface area (Å²) in [7, 11) is 3.05. The van der Waals surface area contributed by atoms with Gasteiger partial charge in [0, 0.05) is 31.7 Å². The van der Waals surface area contributed by atoms with Gasteiger partial charge in [0.15, 0.2) is 0 Å². The van der Waals surface area contributed by atoms with Crippen LogP contribution in [-0.4, -0.2) is 80.2 Å². The standard InChI is InChI=1S/C26H29ClN2O6/c1-33-19-6-3-5-17(15-19)23-22(24(30)18-7-8-21(34-2)20(27)16-18)25(31)26(32)29(23)10-4-9-28-11-13-35-14-12-28/h3,5-8,15-16,23,30H,4,9-14H2,1-2H3/t23-/m1/s1. The summed E-state index contributed by atoms with van der Waals surface area (Å²) in [4.78, 5) is 30.2. The fraction of sp³-hybridized carbons (Fsp3) is 0.385. The third kappa shape index (κ3) is 5.29. The van der Waals surface area contributed by atoms with E-state index in [0.29, 0.717) is 48.8 Å². The molecule has 1 N–H and O–H groups in total. The Morgan fingerprint density at radius 3 is 2.54 bits per heavy atom. The first kappa shape index (κ1) is 25.0. The van der Waals surface area contributed by atoms with E-state index in [1.165, 1.54) is 18.1 Å². The highest BCUT2D eigenvalue weighted by molar-refractivity contribution is 6.46. The van der Waals surface area contributed by atoms with Crippen LogP contribution in [0.25, 0.3) is 5.76 Å². The molecule has 35 heavy (non-hydrogen) atoms. The monoisotopic (exact) mass is 500 g/mol. The lowest BCUT2D eigenvalue weighted by Crippen LogP contribution is -2.38. The molecule has 0 bridgehead atoms. The maximum absolute atomic E-state index is 13.2. The Morgan fingerprint density at radius 2 is 1.86 bits per heavy atom. The van der Waals surface area contributed by atoms with Crippen molar-refractivity contribution in [2.75, 3.05) is 53.6 Å². The van der Waals surface area contributed by atoms with E-state index in [-0.39, 0.29) is 16.4 Å². The minimum atomic E-state index is -0.754. The van der Waals surface area contributed by atoms with Gasteiger partial charge < -0.3 is 24.2 Å². The number of aliphatic hydroxyl groups excluding tert-OH is 1. The second-order valence-corrected chi connectivity index (χ2v) is 8.83. The maximum Gasteiger partial charge on any atom is 0.295 e. The van der Waals surface area contributed by atoms with Crippen molar-refractivity contribution in [1.82, 2.24) is 9.80 Å². The van der Waals surface area contributed by atoms with Crippen LogP contribution in [0.1, 0.15) is 23.6 Å². The van der Waals surface area contributed by atoms with Crippen molar-refractivity contribution >= 4 is 29.1 Å². The zero-order valence-electron chi connectivity index (χ0n) is 19.8. The Bertz CT molecular complexity index is 1130. The van der Waals surface area contributed by atoms with E-state index in [1.807, 2.05) is 6.07 Å². The molecule has 2 aromatic rings. The van der Waals surface area contributed by atoms with E-state index in [2.05, 4.69) is 4.90 Å². The first-order valence-electron chi connectivity index (χ1n) is 11.5. The summed E-state index contributed by atoms with van der Waals surface area (Å²) in [5, 5.41) is 11.5. The number of carbonyl (C=O) groups is 2. The normalized spacial score (nSPS) is 20.3. The zero-order chi connectivity index (χ0) is 24.9. The minimum absolute atomic E-state index is 0.0239. The molecule has 2 saturated heterocycles. The molecule has 2 heterocycles. The molecule has 4 rings (SSSR count). The first-order chi connectivity index (χ1) is 16.9. The van der Waals surface area contributed by atoms with E-state index in [9.17, 15) is 14.7 Å². The lowest BCUT2D eigenvalue weighted by Gasteiger charge is -2.29. The molecule has 0 radical (unpaired) electrons. The van der Waals surface area contributed by atoms with Gasteiger partial charge in [0.05, 0.1) is 44.1 Å². The third-order valence-electron chi connectivity index (χ3n) is 6.35. The van der Waals surface area contributed by atoms with Crippen molar-refractivity contribution in [3.05, 3.63) is 64.2 Å². The van der Waals surface area contributed by atoms with Crippen LogP contribution in [-0.2, 0) is 14.3 Å². The van der Waals surface area contributed by atoms with Crippen molar-refractivity contribution in [3.8, 4) is 11.5 Å². The highest BCUT2D eigenvalue weighted by atomic mass is 35.5. The van der Waals surface area contributed by atoms with Gasteiger partial charge in [-0.1, -0.05) is 23.7 Å². The van der Waals surface area contributed by atoms with Gasteiger partial charge in [-0.05, 0) is 42.3 Å². The molecule has 1 amide bonds. The number of likely N-dealkylation sites (tertiary alicyclic amines) is 1. The number of hydrogen-bond donors (Lipinski definition) is 1. The van der Waals surface area contributed by atoms with Crippen molar-refractivity contribution in [1.29, 1.82) is 0 Å². The van der Waals surface area contributed by atoms with Gasteiger partial charge in [0.2, 0.25) is 0 Å². The van der Waals surface area contributed by atoms with E-state index in [1.54, 1.807) is 37.4 Å². The molecular formula is C26H29ClN2O6. The van der Waals surface area contributed by atoms with Gasteiger partial charge in [0.1, 0.15) is 17.3 Å². The van der Waals surface area contributed by atoms with E-state index >= 15 is 0 Å². The highest BCUT2D eigenvalue weighted by Gasteiger charge is 2.46. The van der Waals surface area contributed by atoms with Crippen molar-refractivity contribution in [3.63, 3.8) is 0 Å². The Kier molecular flexibility index (Phi) is 7.95. The van der Waals surface area contributed by atoms with Gasteiger partial charge in [-0.15, -0.1) is 0 Å². The lowest BCUT2D eigenvalue weighted by atomic mass is 9.95. The van der Waals surface area contributed by atoms with Crippen LogP contribution >= 0.6 is 11.6 Å². The average molecular weight is 501 g/mol. The number of benzene rings is 2. The third-order valence-corrected chi connectivity index (χ3v) is 6.65. The van der Waals surface area contributed by atoms with Crippen LogP contribution < -0.4 is 9.47 Å². The molecule has 186 valence electrons. The molecule has 2 fully saturated rings. The summed E-state index contributed by atoms with van der Waals surface area (Å²) in [5.41, 5.74) is 1.03. The molecule has 9 heteroatoms. The number of ketones is 1. The van der Waals surface area contributed by atoms with E-state index in [4.69, 9.17) is 25.8 Å². The lowest BCUT2D eigenvalue weighted by molar-refractivity contribution is -0.140. The Morgan fingerprint density at radius 1 is 1.09 bits per heavy atom. The molecule has 2 aliphatic rings. The molecule has 0 spiro atoms. The molecule has 1 atom stereocenters. The van der Waals surface area contributed by atoms with Gasteiger partial charge in [0.25, 0.3) is 11.7 Å².